The van der Waals surface area contributed by atoms with E-state index >= 15 is 0 Å². The molecule has 1 atom stereocenters. The smallest absolute Gasteiger partial charge is 0.123 e. The Morgan fingerprint density at radius 1 is 1.25 bits per heavy atom. The topological polar surface area (TPSA) is 15.3 Å². The third kappa shape index (κ3) is 4.40. The molecule has 0 aliphatic heterocycles. The van der Waals surface area contributed by atoms with E-state index in [1.165, 1.54) is 17.7 Å². The molecule has 0 radical (unpaired) electrons. The summed E-state index contributed by atoms with van der Waals surface area (Å²) in [5.74, 6) is -0.182. The predicted octanol–water partition coefficient (Wildman–Crippen LogP) is 3.67. The molecule has 0 amide bonds. The van der Waals surface area contributed by atoms with Crippen LogP contribution in [-0.4, -0.2) is 25.5 Å². The Hall–Kier alpha value is -1.23. The molecule has 1 heterocycles. The Bertz CT molecular complexity index is 496. The Balaban J connectivity index is 1.85. The van der Waals surface area contributed by atoms with E-state index in [1.807, 2.05) is 19.2 Å². The van der Waals surface area contributed by atoms with E-state index in [9.17, 15) is 4.39 Å². The van der Waals surface area contributed by atoms with Crippen molar-refractivity contribution in [1.29, 1.82) is 0 Å². The number of halogens is 1. The van der Waals surface area contributed by atoms with Crippen LogP contribution in [0.15, 0.2) is 41.1 Å². The van der Waals surface area contributed by atoms with Crippen LogP contribution in [0.3, 0.4) is 0 Å². The van der Waals surface area contributed by atoms with Crippen molar-refractivity contribution in [2.24, 2.45) is 0 Å². The van der Waals surface area contributed by atoms with E-state index in [2.05, 4.69) is 34.1 Å². The lowest BCUT2D eigenvalue weighted by Crippen LogP contribution is -2.25. The number of rotatable bonds is 7. The molecular formula is C16H21FN2S. The number of thiophene rings is 1. The molecule has 4 heteroatoms. The standard InChI is InChI=1S/C16H21FN2S/c1-18-16(14-3-5-15(17)6-4-14)7-9-19(2)11-13-8-10-20-12-13/h3-6,8,10,12,16,18H,7,9,11H2,1-2H3. The van der Waals surface area contributed by atoms with Gasteiger partial charge in [-0.05, 0) is 67.1 Å². The maximum absolute atomic E-state index is 13.0. The number of hydrogen-bond donors (Lipinski definition) is 1. The number of benzene rings is 1. The van der Waals surface area contributed by atoms with Crippen LogP contribution in [0.4, 0.5) is 4.39 Å². The molecule has 1 unspecified atom stereocenters. The molecule has 0 aliphatic rings. The highest BCUT2D eigenvalue weighted by Gasteiger charge is 2.10. The molecule has 108 valence electrons. The number of nitrogens with one attached hydrogen (secondary N) is 1. The Kier molecular flexibility index (Phi) is 5.71. The zero-order chi connectivity index (χ0) is 14.4. The lowest BCUT2D eigenvalue weighted by atomic mass is 10.0. The van der Waals surface area contributed by atoms with Gasteiger partial charge in [0.1, 0.15) is 5.82 Å². The molecule has 20 heavy (non-hydrogen) atoms. The molecule has 0 saturated heterocycles. The van der Waals surface area contributed by atoms with Crippen molar-refractivity contribution < 1.29 is 4.39 Å². The third-order valence-corrected chi connectivity index (χ3v) is 4.18. The minimum Gasteiger partial charge on any atom is -0.313 e. The van der Waals surface area contributed by atoms with Crippen molar-refractivity contribution in [3.63, 3.8) is 0 Å². The first-order valence-corrected chi connectivity index (χ1v) is 7.75. The molecule has 0 spiro atoms. The fraction of sp³-hybridized carbons (Fsp3) is 0.375. The first kappa shape index (κ1) is 15.2. The predicted molar refractivity (Wildman–Crippen MR) is 83.5 cm³/mol. The van der Waals surface area contributed by atoms with Crippen molar-refractivity contribution in [2.45, 2.75) is 19.0 Å². The summed E-state index contributed by atoms with van der Waals surface area (Å²) in [5, 5.41) is 7.60. The maximum atomic E-state index is 13.0. The third-order valence-electron chi connectivity index (χ3n) is 3.45. The van der Waals surface area contributed by atoms with Crippen molar-refractivity contribution in [2.75, 3.05) is 20.6 Å². The largest absolute Gasteiger partial charge is 0.313 e. The van der Waals surface area contributed by atoms with Gasteiger partial charge >= 0.3 is 0 Å². The lowest BCUT2D eigenvalue weighted by Gasteiger charge is -2.21. The van der Waals surface area contributed by atoms with Gasteiger partial charge in [-0.2, -0.15) is 11.3 Å². The van der Waals surface area contributed by atoms with Gasteiger partial charge in [-0.25, -0.2) is 4.39 Å². The first-order chi connectivity index (χ1) is 9.69. The van der Waals surface area contributed by atoms with Crippen LogP contribution in [0.25, 0.3) is 0 Å². The maximum Gasteiger partial charge on any atom is 0.123 e. The molecule has 1 aromatic heterocycles. The second kappa shape index (κ2) is 7.53. The van der Waals surface area contributed by atoms with Crippen molar-refractivity contribution >= 4 is 11.3 Å². The van der Waals surface area contributed by atoms with Gasteiger partial charge in [0.05, 0.1) is 0 Å². The van der Waals surface area contributed by atoms with Gasteiger partial charge in [0.25, 0.3) is 0 Å². The van der Waals surface area contributed by atoms with E-state index in [1.54, 1.807) is 11.3 Å². The molecule has 0 saturated carbocycles. The summed E-state index contributed by atoms with van der Waals surface area (Å²) in [5.41, 5.74) is 2.50. The average Bonchev–Trinajstić information content (AvgIpc) is 2.94. The summed E-state index contributed by atoms with van der Waals surface area (Å²) < 4.78 is 13.0. The normalized spacial score (nSPS) is 12.8. The van der Waals surface area contributed by atoms with Gasteiger partial charge in [0.2, 0.25) is 0 Å². The minimum absolute atomic E-state index is 0.182. The SMILES string of the molecule is CNC(CCN(C)Cc1ccsc1)c1ccc(F)cc1. The Morgan fingerprint density at radius 3 is 2.60 bits per heavy atom. The van der Waals surface area contributed by atoms with Gasteiger partial charge in [0.15, 0.2) is 0 Å². The molecule has 1 N–H and O–H groups in total. The molecule has 1 aromatic carbocycles. The van der Waals surface area contributed by atoms with Crippen molar-refractivity contribution in [3.05, 3.63) is 58.0 Å². The van der Waals surface area contributed by atoms with Gasteiger partial charge in [0, 0.05) is 12.6 Å². The Morgan fingerprint density at radius 2 is 2.00 bits per heavy atom. The van der Waals surface area contributed by atoms with Gasteiger partial charge in [-0.1, -0.05) is 12.1 Å². The van der Waals surface area contributed by atoms with Crippen molar-refractivity contribution in [3.8, 4) is 0 Å². The van der Waals surface area contributed by atoms with Crippen LogP contribution in [-0.2, 0) is 6.54 Å². The molecule has 2 rings (SSSR count). The zero-order valence-electron chi connectivity index (χ0n) is 12.0. The number of nitrogens with zero attached hydrogens (tertiary/aromatic N) is 1. The van der Waals surface area contributed by atoms with Crippen LogP contribution < -0.4 is 5.32 Å². The van der Waals surface area contributed by atoms with E-state index in [-0.39, 0.29) is 11.9 Å². The summed E-state index contributed by atoms with van der Waals surface area (Å²) >= 11 is 1.73. The minimum atomic E-state index is -0.182. The van der Waals surface area contributed by atoms with Gasteiger partial charge in [-0.15, -0.1) is 0 Å². The van der Waals surface area contributed by atoms with Crippen LogP contribution in [0, 0.1) is 5.82 Å². The average molecular weight is 292 g/mol. The fourth-order valence-electron chi connectivity index (χ4n) is 2.30. The van der Waals surface area contributed by atoms with Crippen LogP contribution in [0.5, 0.6) is 0 Å². The first-order valence-electron chi connectivity index (χ1n) is 6.81. The summed E-state index contributed by atoms with van der Waals surface area (Å²) in [6.45, 7) is 1.97. The molecule has 2 aromatic rings. The summed E-state index contributed by atoms with van der Waals surface area (Å²) in [6.07, 6.45) is 1.00. The monoisotopic (exact) mass is 292 g/mol. The molecule has 0 aliphatic carbocycles. The van der Waals surface area contributed by atoms with Crippen LogP contribution >= 0.6 is 11.3 Å². The van der Waals surface area contributed by atoms with E-state index in [4.69, 9.17) is 0 Å². The molecular weight excluding hydrogens is 271 g/mol. The molecule has 2 nitrogen and oxygen atoms in total. The molecule has 0 bridgehead atoms. The lowest BCUT2D eigenvalue weighted by molar-refractivity contribution is 0.304. The van der Waals surface area contributed by atoms with E-state index in [0.717, 1.165) is 25.1 Å². The second-order valence-corrected chi connectivity index (χ2v) is 5.83. The van der Waals surface area contributed by atoms with E-state index in [0.29, 0.717) is 0 Å². The highest BCUT2D eigenvalue weighted by Crippen LogP contribution is 2.18. The van der Waals surface area contributed by atoms with Crippen molar-refractivity contribution in [1.82, 2.24) is 10.2 Å². The summed E-state index contributed by atoms with van der Waals surface area (Å²) in [7, 11) is 4.09. The molecule has 0 fully saturated rings. The second-order valence-electron chi connectivity index (χ2n) is 5.05. The number of hydrogen-bond acceptors (Lipinski definition) is 3. The van der Waals surface area contributed by atoms with Gasteiger partial charge in [-0.3, -0.25) is 0 Å². The quantitative estimate of drug-likeness (QED) is 0.837. The fourth-order valence-corrected chi connectivity index (χ4v) is 2.96. The summed E-state index contributed by atoms with van der Waals surface area (Å²) in [4.78, 5) is 2.32. The van der Waals surface area contributed by atoms with Gasteiger partial charge < -0.3 is 10.2 Å². The highest BCUT2D eigenvalue weighted by molar-refractivity contribution is 7.07. The summed E-state index contributed by atoms with van der Waals surface area (Å²) in [6, 6.07) is 9.19. The highest BCUT2D eigenvalue weighted by atomic mass is 32.1. The van der Waals surface area contributed by atoms with Crippen LogP contribution in [0.1, 0.15) is 23.6 Å². The van der Waals surface area contributed by atoms with Crippen LogP contribution in [0.2, 0.25) is 0 Å². The Labute approximate surface area is 124 Å². The zero-order valence-corrected chi connectivity index (χ0v) is 12.8. The van der Waals surface area contributed by atoms with E-state index < -0.39 is 0 Å².